The number of hydrogen-bond donors (Lipinski definition) is 0. The van der Waals surface area contributed by atoms with E-state index in [0.717, 1.165) is 10.6 Å². The van der Waals surface area contributed by atoms with Crippen LogP contribution in [0.2, 0.25) is 5.02 Å². The van der Waals surface area contributed by atoms with Crippen LogP contribution in [0.5, 0.6) is 0 Å². The molecule has 19 heavy (non-hydrogen) atoms. The van der Waals surface area contributed by atoms with Crippen LogP contribution in [0.15, 0.2) is 36.5 Å². The highest BCUT2D eigenvalue weighted by Gasteiger charge is 2.26. The van der Waals surface area contributed by atoms with Crippen LogP contribution in [0.25, 0.3) is 0 Å². The van der Waals surface area contributed by atoms with E-state index in [1.54, 1.807) is 11.1 Å². The SMILES string of the molecule is CC(C)(C)OC(=O)N1C=C[C@H](c2ccc(Cl)cc2)C1. The van der Waals surface area contributed by atoms with Crippen LogP contribution in [0.1, 0.15) is 32.3 Å². The topological polar surface area (TPSA) is 29.5 Å². The first-order valence-electron chi connectivity index (χ1n) is 6.28. The number of carbonyl (C=O) groups is 1. The zero-order valence-corrected chi connectivity index (χ0v) is 12.1. The van der Waals surface area contributed by atoms with Crippen molar-refractivity contribution in [3.8, 4) is 0 Å². The fraction of sp³-hybridized carbons (Fsp3) is 0.400. The summed E-state index contributed by atoms with van der Waals surface area (Å²) in [5.41, 5.74) is 0.676. The van der Waals surface area contributed by atoms with Gasteiger partial charge < -0.3 is 4.74 Å². The van der Waals surface area contributed by atoms with Gasteiger partial charge in [-0.1, -0.05) is 29.8 Å². The van der Waals surface area contributed by atoms with E-state index < -0.39 is 5.60 Å². The van der Waals surface area contributed by atoms with Crippen LogP contribution >= 0.6 is 11.6 Å². The minimum Gasteiger partial charge on any atom is -0.443 e. The molecule has 0 aliphatic carbocycles. The van der Waals surface area contributed by atoms with Crippen molar-refractivity contribution >= 4 is 17.7 Å². The number of halogens is 1. The van der Waals surface area contributed by atoms with Gasteiger partial charge in [-0.2, -0.15) is 0 Å². The van der Waals surface area contributed by atoms with Crippen molar-refractivity contribution in [1.82, 2.24) is 4.90 Å². The number of carbonyl (C=O) groups excluding carboxylic acids is 1. The van der Waals surface area contributed by atoms with Gasteiger partial charge in [0.15, 0.2) is 0 Å². The van der Waals surface area contributed by atoms with Crippen molar-refractivity contribution in [3.05, 3.63) is 47.1 Å². The number of amides is 1. The lowest BCUT2D eigenvalue weighted by Gasteiger charge is -2.24. The molecule has 0 saturated carbocycles. The summed E-state index contributed by atoms with van der Waals surface area (Å²) in [6.45, 7) is 6.20. The second kappa shape index (κ2) is 5.25. The fourth-order valence-corrected chi connectivity index (χ4v) is 2.05. The van der Waals surface area contributed by atoms with Crippen LogP contribution in [0.4, 0.5) is 4.79 Å². The highest BCUT2D eigenvalue weighted by molar-refractivity contribution is 6.30. The molecule has 0 saturated heterocycles. The molecule has 1 aromatic rings. The van der Waals surface area contributed by atoms with Gasteiger partial charge in [0, 0.05) is 23.7 Å². The van der Waals surface area contributed by atoms with Crippen molar-refractivity contribution in [2.45, 2.75) is 32.3 Å². The molecule has 102 valence electrons. The Morgan fingerprint density at radius 3 is 2.53 bits per heavy atom. The van der Waals surface area contributed by atoms with E-state index in [0.29, 0.717) is 6.54 Å². The van der Waals surface area contributed by atoms with Crippen molar-refractivity contribution in [1.29, 1.82) is 0 Å². The molecule has 2 rings (SSSR count). The predicted molar refractivity (Wildman–Crippen MR) is 76.3 cm³/mol. The first-order chi connectivity index (χ1) is 8.85. The van der Waals surface area contributed by atoms with Gasteiger partial charge >= 0.3 is 6.09 Å². The zero-order chi connectivity index (χ0) is 14.0. The van der Waals surface area contributed by atoms with Gasteiger partial charge in [0.1, 0.15) is 5.60 Å². The molecule has 0 fully saturated rings. The third-order valence-electron chi connectivity index (χ3n) is 2.82. The maximum absolute atomic E-state index is 11.9. The van der Waals surface area contributed by atoms with E-state index >= 15 is 0 Å². The molecule has 0 unspecified atom stereocenters. The quantitative estimate of drug-likeness (QED) is 0.771. The third kappa shape index (κ3) is 3.74. The summed E-state index contributed by atoms with van der Waals surface area (Å²) >= 11 is 5.87. The molecule has 0 aromatic heterocycles. The Kier molecular flexibility index (Phi) is 3.85. The number of nitrogens with zero attached hydrogens (tertiary/aromatic N) is 1. The average molecular weight is 280 g/mol. The van der Waals surface area contributed by atoms with Gasteiger partial charge in [-0.25, -0.2) is 4.79 Å². The lowest BCUT2D eigenvalue weighted by atomic mass is 10.0. The number of hydrogen-bond acceptors (Lipinski definition) is 2. The maximum Gasteiger partial charge on any atom is 0.414 e. The highest BCUT2D eigenvalue weighted by atomic mass is 35.5. The monoisotopic (exact) mass is 279 g/mol. The molecule has 1 amide bonds. The van der Waals surface area contributed by atoms with Gasteiger partial charge in [-0.05, 0) is 38.5 Å². The Morgan fingerprint density at radius 2 is 1.95 bits per heavy atom. The van der Waals surface area contributed by atoms with E-state index in [2.05, 4.69) is 0 Å². The third-order valence-corrected chi connectivity index (χ3v) is 3.07. The Bertz CT molecular complexity index is 488. The molecule has 3 nitrogen and oxygen atoms in total. The molecule has 0 N–H and O–H groups in total. The molecule has 1 aliphatic heterocycles. The van der Waals surface area contributed by atoms with Gasteiger partial charge in [0.2, 0.25) is 0 Å². The van der Waals surface area contributed by atoms with Crippen LogP contribution < -0.4 is 0 Å². The van der Waals surface area contributed by atoms with E-state index in [4.69, 9.17) is 16.3 Å². The minimum atomic E-state index is -0.469. The minimum absolute atomic E-state index is 0.199. The molecular formula is C15H18ClNO2. The normalized spacial score (nSPS) is 18.7. The van der Waals surface area contributed by atoms with Gasteiger partial charge in [0.25, 0.3) is 0 Å². The molecule has 0 spiro atoms. The van der Waals surface area contributed by atoms with Crippen LogP contribution in [-0.4, -0.2) is 23.1 Å². The van der Waals surface area contributed by atoms with Crippen molar-refractivity contribution in [3.63, 3.8) is 0 Å². The standard InChI is InChI=1S/C15H18ClNO2/c1-15(2,3)19-14(18)17-9-8-12(10-17)11-4-6-13(16)7-5-11/h4-9,12H,10H2,1-3H3/t12-/m0/s1. The van der Waals surface area contributed by atoms with Gasteiger partial charge in [-0.3, -0.25) is 4.90 Å². The Labute approximate surface area is 118 Å². The zero-order valence-electron chi connectivity index (χ0n) is 11.4. The van der Waals surface area contributed by atoms with Crippen LogP contribution in [0, 0.1) is 0 Å². The lowest BCUT2D eigenvalue weighted by Crippen LogP contribution is -2.33. The first-order valence-corrected chi connectivity index (χ1v) is 6.66. The molecule has 0 bridgehead atoms. The average Bonchev–Trinajstić information content (AvgIpc) is 2.77. The fourth-order valence-electron chi connectivity index (χ4n) is 1.92. The summed E-state index contributed by atoms with van der Waals surface area (Å²) in [4.78, 5) is 13.5. The summed E-state index contributed by atoms with van der Waals surface area (Å²) < 4.78 is 5.34. The second-order valence-electron chi connectivity index (χ2n) is 5.63. The molecule has 1 aliphatic rings. The van der Waals surface area contributed by atoms with E-state index in [9.17, 15) is 4.79 Å². The lowest BCUT2D eigenvalue weighted by molar-refractivity contribution is 0.0345. The second-order valence-corrected chi connectivity index (χ2v) is 6.07. The summed E-state index contributed by atoms with van der Waals surface area (Å²) in [7, 11) is 0. The summed E-state index contributed by atoms with van der Waals surface area (Å²) in [6, 6.07) is 7.69. The van der Waals surface area contributed by atoms with Gasteiger partial charge in [-0.15, -0.1) is 0 Å². The number of benzene rings is 1. The molecule has 4 heteroatoms. The van der Waals surface area contributed by atoms with E-state index in [1.165, 1.54) is 0 Å². The van der Waals surface area contributed by atoms with Crippen molar-refractivity contribution < 1.29 is 9.53 Å². The van der Waals surface area contributed by atoms with Crippen LogP contribution in [-0.2, 0) is 4.74 Å². The molecule has 1 atom stereocenters. The van der Waals surface area contributed by atoms with Crippen molar-refractivity contribution in [2.75, 3.05) is 6.54 Å². The van der Waals surface area contributed by atoms with Crippen molar-refractivity contribution in [2.24, 2.45) is 0 Å². The Hall–Kier alpha value is -1.48. The summed E-state index contributed by atoms with van der Waals surface area (Å²) in [5.74, 6) is 0.199. The first kappa shape index (κ1) is 13.9. The molecular weight excluding hydrogens is 262 g/mol. The highest BCUT2D eigenvalue weighted by Crippen LogP contribution is 2.26. The maximum atomic E-state index is 11.9. The summed E-state index contributed by atoms with van der Waals surface area (Å²) in [5, 5.41) is 0.717. The number of ether oxygens (including phenoxy) is 1. The van der Waals surface area contributed by atoms with E-state index in [1.807, 2.05) is 51.1 Å². The smallest absolute Gasteiger partial charge is 0.414 e. The molecule has 1 heterocycles. The number of rotatable bonds is 1. The molecule has 0 radical (unpaired) electrons. The largest absolute Gasteiger partial charge is 0.443 e. The Balaban J connectivity index is 1.99. The summed E-state index contributed by atoms with van der Waals surface area (Å²) in [6.07, 6.45) is 3.49. The molecule has 1 aromatic carbocycles. The van der Waals surface area contributed by atoms with Gasteiger partial charge in [0.05, 0.1) is 0 Å². The predicted octanol–water partition coefficient (Wildman–Crippen LogP) is 4.19. The Morgan fingerprint density at radius 1 is 1.32 bits per heavy atom. The van der Waals surface area contributed by atoms with Crippen LogP contribution in [0.3, 0.4) is 0 Å². The van der Waals surface area contributed by atoms with E-state index in [-0.39, 0.29) is 12.0 Å².